The first-order valence-corrected chi connectivity index (χ1v) is 7.73. The second-order valence-electron chi connectivity index (χ2n) is 4.41. The van der Waals surface area contributed by atoms with E-state index in [9.17, 15) is 12.6 Å². The van der Waals surface area contributed by atoms with E-state index in [0.29, 0.717) is 10.2 Å². The molecule has 0 fully saturated rings. The van der Waals surface area contributed by atoms with Crippen LogP contribution in [0, 0.1) is 0 Å². The molecular weight excluding hydrogens is 270 g/mol. The molecule has 2 aromatic rings. The molecule has 0 N–H and O–H groups in total. The van der Waals surface area contributed by atoms with Gasteiger partial charge in [-0.05, 0) is 0 Å². The number of nitrogens with zero attached hydrogens (tertiary/aromatic N) is 1. The summed E-state index contributed by atoms with van der Waals surface area (Å²) in [5.74, 6) is 0. The maximum atomic E-state index is 14.3. The average Bonchev–Trinajstić information content (AvgIpc) is 2.40. The summed E-state index contributed by atoms with van der Waals surface area (Å²) in [4.78, 5) is 0. The fourth-order valence-electron chi connectivity index (χ4n) is 1.82. The van der Waals surface area contributed by atoms with Gasteiger partial charge in [-0.15, -0.1) is 0 Å². The molecule has 0 aliphatic heterocycles. The average molecular weight is 285 g/mol. The Balaban J connectivity index is 2.28. The van der Waals surface area contributed by atoms with Crippen molar-refractivity contribution in [2.75, 3.05) is 7.05 Å². The molecule has 0 radical (unpaired) electrons. The van der Waals surface area contributed by atoms with Crippen molar-refractivity contribution in [3.05, 3.63) is 66.2 Å². The van der Waals surface area contributed by atoms with Crippen molar-refractivity contribution in [3.8, 4) is 0 Å². The van der Waals surface area contributed by atoms with Gasteiger partial charge in [-0.25, -0.2) is 0 Å². The monoisotopic (exact) mass is 285 g/mol. The zero-order valence-corrected chi connectivity index (χ0v) is 11.4. The van der Waals surface area contributed by atoms with Crippen LogP contribution in [0.2, 0.25) is 0 Å². The maximum absolute atomic E-state index is 14.3. The Morgan fingerprint density at radius 2 is 1.32 bits per heavy atom. The van der Waals surface area contributed by atoms with Crippen molar-refractivity contribution in [3.63, 3.8) is 0 Å². The van der Waals surface area contributed by atoms with E-state index in [-0.39, 0.29) is 6.54 Å². The molecule has 0 atom stereocenters. The molecule has 0 saturated carbocycles. The molecule has 0 spiro atoms. The number of benzene rings is 2. The Hall–Kier alpha value is -1.38. The molecule has 2 aromatic carbocycles. The van der Waals surface area contributed by atoms with Gasteiger partial charge in [0.05, 0.1) is 0 Å². The van der Waals surface area contributed by atoms with Crippen LogP contribution in [0.4, 0.5) is 12.6 Å². The normalized spacial score (nSPS) is 14.1. The van der Waals surface area contributed by atoms with E-state index in [2.05, 4.69) is 0 Å². The molecule has 0 aliphatic carbocycles. The Kier molecular flexibility index (Phi) is 3.66. The van der Waals surface area contributed by atoms with Crippen molar-refractivity contribution < 1.29 is 12.6 Å². The minimum atomic E-state index is -6.51. The Bertz CT molecular complexity index is 537. The fraction of sp³-hybridized carbons (Fsp3) is 0.143. The van der Waals surface area contributed by atoms with E-state index in [4.69, 9.17) is 0 Å². The topological polar surface area (TPSA) is 3.24 Å². The molecule has 0 bridgehead atoms. The first-order chi connectivity index (χ1) is 8.88. The number of rotatable bonds is 4. The number of hydrogen-bond donors (Lipinski definition) is 0. The number of hydrogen-bond acceptors (Lipinski definition) is 1. The van der Waals surface area contributed by atoms with Gasteiger partial charge in [0.25, 0.3) is 0 Å². The molecule has 102 valence electrons. The van der Waals surface area contributed by atoms with Crippen LogP contribution in [0.3, 0.4) is 0 Å². The van der Waals surface area contributed by atoms with Crippen LogP contribution in [0.15, 0.2) is 60.7 Å². The van der Waals surface area contributed by atoms with Gasteiger partial charge >= 0.3 is 110 Å². The van der Waals surface area contributed by atoms with Crippen LogP contribution in [0.5, 0.6) is 0 Å². The summed E-state index contributed by atoms with van der Waals surface area (Å²) >= 11 is 0. The van der Waals surface area contributed by atoms with Crippen LogP contribution in [0.25, 0.3) is 0 Å². The van der Waals surface area contributed by atoms with Gasteiger partial charge in [0.1, 0.15) is 0 Å². The zero-order chi connectivity index (χ0) is 14.0. The summed E-state index contributed by atoms with van der Waals surface area (Å²) in [6, 6.07) is 15.4. The fourth-order valence-corrected chi connectivity index (χ4v) is 3.26. The van der Waals surface area contributed by atoms with Gasteiger partial charge in [0, 0.05) is 0 Å². The van der Waals surface area contributed by atoms with E-state index in [1.807, 2.05) is 0 Å². The third-order valence-corrected chi connectivity index (χ3v) is 5.35. The molecule has 1 nitrogen and oxygen atoms in total. The molecule has 0 unspecified atom stereocenters. The van der Waals surface area contributed by atoms with Crippen LogP contribution in [-0.2, 0) is 6.54 Å². The van der Waals surface area contributed by atoms with E-state index in [1.54, 1.807) is 36.4 Å². The Morgan fingerprint density at radius 1 is 0.842 bits per heavy atom. The van der Waals surface area contributed by atoms with Gasteiger partial charge in [-0.2, -0.15) is 0 Å². The zero-order valence-electron chi connectivity index (χ0n) is 10.5. The Morgan fingerprint density at radius 3 is 1.84 bits per heavy atom. The van der Waals surface area contributed by atoms with Crippen molar-refractivity contribution >= 4 is 13.0 Å². The molecule has 0 aliphatic rings. The first kappa shape index (κ1) is 14.0. The molecule has 5 heteroatoms. The standard InChI is InChI=1S/C14H15F3NP/c1-18(12-13-8-4-2-5-9-13)19(15,16,17)14-10-6-3-7-11-14/h2-11H,12H2,1H3. The van der Waals surface area contributed by atoms with E-state index in [1.165, 1.54) is 12.1 Å². The predicted octanol–water partition coefficient (Wildman–Crippen LogP) is 4.57. The molecule has 0 heterocycles. The minimum absolute atomic E-state index is 0.128. The van der Waals surface area contributed by atoms with Crippen molar-refractivity contribution in [2.45, 2.75) is 6.54 Å². The first-order valence-electron chi connectivity index (χ1n) is 5.87. The van der Waals surface area contributed by atoms with Crippen LogP contribution in [0.1, 0.15) is 5.56 Å². The van der Waals surface area contributed by atoms with Gasteiger partial charge in [-0.1, -0.05) is 0 Å². The van der Waals surface area contributed by atoms with Crippen LogP contribution < -0.4 is 5.30 Å². The summed E-state index contributed by atoms with van der Waals surface area (Å²) in [6.07, 6.45) is 0. The van der Waals surface area contributed by atoms with Crippen LogP contribution >= 0.6 is 7.69 Å². The quantitative estimate of drug-likeness (QED) is 0.744. The summed E-state index contributed by atoms with van der Waals surface area (Å²) in [5.41, 5.74) is 0.655. The van der Waals surface area contributed by atoms with Crippen molar-refractivity contribution in [1.29, 1.82) is 0 Å². The van der Waals surface area contributed by atoms with Gasteiger partial charge in [0.2, 0.25) is 0 Å². The molecule has 0 aromatic heterocycles. The Labute approximate surface area is 111 Å². The number of halogens is 3. The van der Waals surface area contributed by atoms with Gasteiger partial charge in [-0.3, -0.25) is 0 Å². The van der Waals surface area contributed by atoms with Gasteiger partial charge < -0.3 is 0 Å². The molecule has 0 saturated heterocycles. The van der Waals surface area contributed by atoms with E-state index >= 15 is 0 Å². The van der Waals surface area contributed by atoms with Crippen molar-refractivity contribution in [2.24, 2.45) is 0 Å². The van der Waals surface area contributed by atoms with Crippen molar-refractivity contribution in [1.82, 2.24) is 4.67 Å². The SMILES string of the molecule is CN(Cc1ccccc1)P(F)(F)(F)c1ccccc1. The second-order valence-corrected chi connectivity index (χ2v) is 7.15. The third kappa shape index (κ3) is 2.96. The van der Waals surface area contributed by atoms with E-state index in [0.717, 1.165) is 19.2 Å². The predicted molar refractivity (Wildman–Crippen MR) is 74.2 cm³/mol. The summed E-state index contributed by atoms with van der Waals surface area (Å²) in [6.45, 7) is -0.128. The molecule has 2 rings (SSSR count). The van der Waals surface area contributed by atoms with Crippen LogP contribution in [-0.4, -0.2) is 11.7 Å². The third-order valence-electron chi connectivity index (χ3n) is 2.98. The summed E-state index contributed by atoms with van der Waals surface area (Å²) in [7, 11) is -5.39. The van der Waals surface area contributed by atoms with E-state index < -0.39 is 13.0 Å². The molecule has 19 heavy (non-hydrogen) atoms. The second kappa shape index (κ2) is 4.95. The van der Waals surface area contributed by atoms with Gasteiger partial charge in [0.15, 0.2) is 0 Å². The summed E-state index contributed by atoms with van der Waals surface area (Å²) in [5, 5.41) is -0.535. The molecular formula is C14H15F3NP. The summed E-state index contributed by atoms with van der Waals surface area (Å²) < 4.78 is 43.5. The molecule has 0 amide bonds.